The Kier molecular flexibility index (Phi) is 6.14. The summed E-state index contributed by atoms with van der Waals surface area (Å²) < 4.78 is 11.5. The van der Waals surface area contributed by atoms with E-state index in [2.05, 4.69) is 5.32 Å². The van der Waals surface area contributed by atoms with Crippen molar-refractivity contribution in [3.8, 4) is 5.75 Å². The summed E-state index contributed by atoms with van der Waals surface area (Å²) in [5.41, 5.74) is 1.69. The number of aryl methyl sites for hydroxylation is 1. The Bertz CT molecular complexity index is 654. The van der Waals surface area contributed by atoms with Crippen LogP contribution < -0.4 is 10.1 Å². The first kappa shape index (κ1) is 18.7. The number of carbonyl (C=O) groups excluding carboxylic acids is 1. The predicted molar refractivity (Wildman–Crippen MR) is 97.4 cm³/mol. The standard InChI is InChI=1S/C20H27NO5/c1-13-7-8-17(18(10-13)26-12-16-6-3-9-25-16)21-19(22)14-4-2-5-15(11-14)20(23)24/h7-8,10,14-16H,2-6,9,11-12H2,1H3,(H,21,22)(H,23,24). The predicted octanol–water partition coefficient (Wildman–Crippen LogP) is 3.38. The van der Waals surface area contributed by atoms with Crippen LogP contribution in [0, 0.1) is 18.8 Å². The molecule has 3 atom stereocenters. The fourth-order valence-electron chi connectivity index (χ4n) is 3.70. The van der Waals surface area contributed by atoms with Crippen LogP contribution in [-0.4, -0.2) is 36.3 Å². The molecule has 0 radical (unpaired) electrons. The van der Waals surface area contributed by atoms with E-state index in [0.29, 0.717) is 30.9 Å². The zero-order valence-electron chi connectivity index (χ0n) is 15.2. The number of amides is 1. The van der Waals surface area contributed by atoms with Gasteiger partial charge >= 0.3 is 5.97 Å². The highest BCUT2D eigenvalue weighted by Gasteiger charge is 2.31. The van der Waals surface area contributed by atoms with E-state index < -0.39 is 11.9 Å². The average molecular weight is 361 g/mol. The van der Waals surface area contributed by atoms with Gasteiger partial charge < -0.3 is 19.9 Å². The Hall–Kier alpha value is -2.08. The average Bonchev–Trinajstić information content (AvgIpc) is 3.15. The first-order chi connectivity index (χ1) is 12.5. The molecule has 1 aromatic rings. The van der Waals surface area contributed by atoms with E-state index in [-0.39, 0.29) is 17.9 Å². The number of carboxylic acids is 1. The fraction of sp³-hybridized carbons (Fsp3) is 0.600. The Labute approximate surface area is 153 Å². The molecule has 1 aromatic carbocycles. The summed E-state index contributed by atoms with van der Waals surface area (Å²) in [5.74, 6) is -0.982. The van der Waals surface area contributed by atoms with Gasteiger partial charge in [-0.25, -0.2) is 0 Å². The van der Waals surface area contributed by atoms with Gasteiger partial charge in [0.1, 0.15) is 12.4 Å². The highest BCUT2D eigenvalue weighted by Crippen LogP contribution is 2.32. The molecule has 1 saturated heterocycles. The van der Waals surface area contributed by atoms with Crippen LogP contribution in [0.5, 0.6) is 5.75 Å². The third-order valence-corrected chi connectivity index (χ3v) is 5.24. The van der Waals surface area contributed by atoms with E-state index in [9.17, 15) is 14.7 Å². The summed E-state index contributed by atoms with van der Waals surface area (Å²) >= 11 is 0. The molecule has 6 nitrogen and oxygen atoms in total. The van der Waals surface area contributed by atoms with Crippen molar-refractivity contribution in [3.05, 3.63) is 23.8 Å². The maximum atomic E-state index is 12.6. The van der Waals surface area contributed by atoms with E-state index >= 15 is 0 Å². The molecular weight excluding hydrogens is 334 g/mol. The summed E-state index contributed by atoms with van der Waals surface area (Å²) in [7, 11) is 0. The topological polar surface area (TPSA) is 84.9 Å². The van der Waals surface area contributed by atoms with Crippen LogP contribution in [-0.2, 0) is 14.3 Å². The van der Waals surface area contributed by atoms with Gasteiger partial charge in [-0.3, -0.25) is 9.59 Å². The van der Waals surface area contributed by atoms with E-state index in [1.807, 2.05) is 25.1 Å². The first-order valence-electron chi connectivity index (χ1n) is 9.41. The van der Waals surface area contributed by atoms with Gasteiger partial charge in [-0.05, 0) is 56.7 Å². The normalized spacial score (nSPS) is 25.7. The highest BCUT2D eigenvalue weighted by atomic mass is 16.5. The van der Waals surface area contributed by atoms with Crippen LogP contribution in [0.25, 0.3) is 0 Å². The summed E-state index contributed by atoms with van der Waals surface area (Å²) in [4.78, 5) is 23.9. The van der Waals surface area contributed by atoms with Crippen molar-refractivity contribution in [1.82, 2.24) is 0 Å². The molecule has 1 saturated carbocycles. The smallest absolute Gasteiger partial charge is 0.306 e. The third-order valence-electron chi connectivity index (χ3n) is 5.24. The van der Waals surface area contributed by atoms with Gasteiger partial charge in [0, 0.05) is 12.5 Å². The number of nitrogens with one attached hydrogen (secondary N) is 1. The second kappa shape index (κ2) is 8.54. The van der Waals surface area contributed by atoms with Crippen LogP contribution in [0.2, 0.25) is 0 Å². The number of hydrogen-bond acceptors (Lipinski definition) is 4. The largest absolute Gasteiger partial charge is 0.489 e. The van der Waals surface area contributed by atoms with Crippen molar-refractivity contribution in [2.75, 3.05) is 18.5 Å². The monoisotopic (exact) mass is 361 g/mol. The number of rotatable bonds is 6. The Morgan fingerprint density at radius 1 is 1.23 bits per heavy atom. The van der Waals surface area contributed by atoms with Gasteiger partial charge in [0.05, 0.1) is 17.7 Å². The minimum atomic E-state index is -0.807. The SMILES string of the molecule is Cc1ccc(NC(=O)C2CCCC(C(=O)O)C2)c(OCC2CCCO2)c1. The van der Waals surface area contributed by atoms with Gasteiger partial charge in [0.25, 0.3) is 0 Å². The molecule has 1 heterocycles. The molecule has 0 spiro atoms. The number of anilines is 1. The molecule has 2 aliphatic rings. The number of carboxylic acid groups (broad SMARTS) is 1. The van der Waals surface area contributed by atoms with Crippen LogP contribution in [0.3, 0.4) is 0 Å². The lowest BCUT2D eigenvalue weighted by atomic mass is 9.81. The zero-order valence-corrected chi connectivity index (χ0v) is 15.2. The molecule has 6 heteroatoms. The molecule has 1 amide bonds. The van der Waals surface area contributed by atoms with Gasteiger partial charge in [-0.2, -0.15) is 0 Å². The quantitative estimate of drug-likeness (QED) is 0.811. The molecule has 2 N–H and O–H groups in total. The Balaban J connectivity index is 1.64. The van der Waals surface area contributed by atoms with Crippen LogP contribution in [0.15, 0.2) is 18.2 Å². The molecule has 2 fully saturated rings. The fourth-order valence-corrected chi connectivity index (χ4v) is 3.70. The number of carbonyl (C=O) groups is 2. The minimum absolute atomic E-state index is 0.105. The summed E-state index contributed by atoms with van der Waals surface area (Å²) in [6.07, 6.45) is 4.70. The van der Waals surface area contributed by atoms with Gasteiger partial charge in [-0.15, -0.1) is 0 Å². The van der Waals surface area contributed by atoms with E-state index in [4.69, 9.17) is 9.47 Å². The van der Waals surface area contributed by atoms with Gasteiger partial charge in [0.15, 0.2) is 0 Å². The zero-order chi connectivity index (χ0) is 18.5. The maximum Gasteiger partial charge on any atom is 0.306 e. The lowest BCUT2D eigenvalue weighted by molar-refractivity contribution is -0.143. The lowest BCUT2D eigenvalue weighted by Crippen LogP contribution is -2.31. The second-order valence-corrected chi connectivity index (χ2v) is 7.33. The number of benzene rings is 1. The Morgan fingerprint density at radius 3 is 2.77 bits per heavy atom. The van der Waals surface area contributed by atoms with Crippen molar-refractivity contribution in [2.45, 2.75) is 51.6 Å². The third kappa shape index (κ3) is 4.75. The molecule has 0 aromatic heterocycles. The van der Waals surface area contributed by atoms with Crippen molar-refractivity contribution in [1.29, 1.82) is 0 Å². The molecule has 1 aliphatic heterocycles. The Morgan fingerprint density at radius 2 is 2.04 bits per heavy atom. The molecule has 26 heavy (non-hydrogen) atoms. The molecule has 3 unspecified atom stereocenters. The number of ether oxygens (including phenoxy) is 2. The molecule has 142 valence electrons. The van der Waals surface area contributed by atoms with Crippen molar-refractivity contribution in [3.63, 3.8) is 0 Å². The van der Waals surface area contributed by atoms with Crippen molar-refractivity contribution in [2.24, 2.45) is 11.8 Å². The van der Waals surface area contributed by atoms with Gasteiger partial charge in [0.2, 0.25) is 5.91 Å². The molecular formula is C20H27NO5. The lowest BCUT2D eigenvalue weighted by Gasteiger charge is -2.26. The second-order valence-electron chi connectivity index (χ2n) is 7.33. The summed E-state index contributed by atoms with van der Waals surface area (Å²) in [6, 6.07) is 5.68. The molecule has 0 bridgehead atoms. The number of aliphatic carboxylic acids is 1. The summed E-state index contributed by atoms with van der Waals surface area (Å²) in [6.45, 7) is 3.22. The van der Waals surface area contributed by atoms with E-state index in [0.717, 1.165) is 37.9 Å². The summed E-state index contributed by atoms with van der Waals surface area (Å²) in [5, 5.41) is 12.2. The first-order valence-corrected chi connectivity index (χ1v) is 9.41. The van der Waals surface area contributed by atoms with Gasteiger partial charge in [-0.1, -0.05) is 12.5 Å². The van der Waals surface area contributed by atoms with Crippen LogP contribution in [0.4, 0.5) is 5.69 Å². The van der Waals surface area contributed by atoms with E-state index in [1.165, 1.54) is 0 Å². The van der Waals surface area contributed by atoms with E-state index in [1.54, 1.807) is 0 Å². The molecule has 1 aliphatic carbocycles. The number of hydrogen-bond donors (Lipinski definition) is 2. The maximum absolute atomic E-state index is 12.6. The van der Waals surface area contributed by atoms with Crippen molar-refractivity contribution >= 4 is 17.6 Å². The van der Waals surface area contributed by atoms with Crippen LogP contribution >= 0.6 is 0 Å². The highest BCUT2D eigenvalue weighted by molar-refractivity contribution is 5.94. The minimum Gasteiger partial charge on any atom is -0.489 e. The van der Waals surface area contributed by atoms with Crippen LogP contribution in [0.1, 0.15) is 44.1 Å². The van der Waals surface area contributed by atoms with Crippen molar-refractivity contribution < 1.29 is 24.2 Å². The molecule has 3 rings (SSSR count).